The molecule has 1 aliphatic heterocycles. The summed E-state index contributed by atoms with van der Waals surface area (Å²) in [6.07, 6.45) is 9.37. The van der Waals surface area contributed by atoms with Crippen LogP contribution >= 0.6 is 0 Å². The lowest BCUT2D eigenvalue weighted by Crippen LogP contribution is -2.44. The predicted molar refractivity (Wildman–Crippen MR) is 161 cm³/mol. The molecule has 0 bridgehead atoms. The fourth-order valence-corrected chi connectivity index (χ4v) is 5.66. The molecule has 2 atom stereocenters. The topological polar surface area (TPSA) is 121 Å². The lowest BCUT2D eigenvalue weighted by atomic mass is 9.86. The first-order valence-corrected chi connectivity index (χ1v) is 14.5. The first kappa shape index (κ1) is 29.8. The molecule has 0 unspecified atom stereocenters. The molecular formula is C33H41N5O3. The Labute approximate surface area is 242 Å². The molecular weight excluding hydrogens is 514 g/mol. The number of hydrogen-bond donors (Lipinski definition) is 3. The third-order valence-electron chi connectivity index (χ3n) is 8.12. The second kappa shape index (κ2) is 15.0. The van der Waals surface area contributed by atoms with Crippen molar-refractivity contribution in [1.82, 2.24) is 15.2 Å². The van der Waals surface area contributed by atoms with Crippen LogP contribution in [0, 0.1) is 17.2 Å². The van der Waals surface area contributed by atoms with Gasteiger partial charge in [-0.15, -0.1) is 0 Å². The molecule has 3 aromatic rings. The Bertz CT molecular complexity index is 1260. The number of methoxy groups -OCH3 is 1. The summed E-state index contributed by atoms with van der Waals surface area (Å²) in [4.78, 5) is 32.6. The standard InChI is InChI=1S/C33H41N5O3/c1-41-32(40)29(11-5-9-25-18-21-38(22-19-25)33(34)35)30(17-12-24-7-3-2-4-8-24)37-31(39)27-15-13-26(14-16-27)28-10-6-20-36-23-28/h2-4,6-8,10,13-16,20,23,25,29-30H,5,9,11-12,17-19,21-22H2,1H3,(H3,34,35)(H,37,39)/t29-,30-/m1/s1. The van der Waals surface area contributed by atoms with E-state index in [9.17, 15) is 9.59 Å². The van der Waals surface area contributed by atoms with E-state index >= 15 is 0 Å². The van der Waals surface area contributed by atoms with Crippen LogP contribution in [0.25, 0.3) is 11.1 Å². The maximum absolute atomic E-state index is 13.4. The third kappa shape index (κ3) is 8.64. The van der Waals surface area contributed by atoms with E-state index in [1.807, 2.05) is 59.5 Å². The lowest BCUT2D eigenvalue weighted by Gasteiger charge is -2.32. The van der Waals surface area contributed by atoms with Gasteiger partial charge in [0.2, 0.25) is 0 Å². The number of amides is 1. The van der Waals surface area contributed by atoms with Gasteiger partial charge in [-0.3, -0.25) is 20.0 Å². The van der Waals surface area contributed by atoms with Crippen molar-refractivity contribution >= 4 is 17.8 Å². The van der Waals surface area contributed by atoms with Crippen molar-refractivity contribution in [3.63, 3.8) is 0 Å². The zero-order valence-electron chi connectivity index (χ0n) is 23.8. The Morgan fingerprint density at radius 2 is 1.76 bits per heavy atom. The third-order valence-corrected chi connectivity index (χ3v) is 8.12. The zero-order chi connectivity index (χ0) is 29.0. The lowest BCUT2D eigenvalue weighted by molar-refractivity contribution is -0.146. The van der Waals surface area contributed by atoms with Gasteiger partial charge in [0.1, 0.15) is 0 Å². The summed E-state index contributed by atoms with van der Waals surface area (Å²) in [5.41, 5.74) is 9.31. The number of esters is 1. The van der Waals surface area contributed by atoms with Crippen LogP contribution in [-0.2, 0) is 16.0 Å². The van der Waals surface area contributed by atoms with Gasteiger partial charge in [-0.25, -0.2) is 0 Å². The van der Waals surface area contributed by atoms with Crippen LogP contribution in [0.15, 0.2) is 79.1 Å². The Kier molecular flexibility index (Phi) is 10.9. The number of ether oxygens (including phenoxy) is 1. The number of carbonyl (C=O) groups is 2. The van der Waals surface area contributed by atoms with Crippen molar-refractivity contribution in [3.05, 3.63) is 90.3 Å². The number of rotatable bonds is 12. The maximum Gasteiger partial charge on any atom is 0.310 e. The van der Waals surface area contributed by atoms with Crippen LogP contribution in [0.5, 0.6) is 0 Å². The first-order chi connectivity index (χ1) is 19.9. The number of hydrogen-bond acceptors (Lipinski definition) is 5. The highest BCUT2D eigenvalue weighted by Gasteiger charge is 2.31. The van der Waals surface area contributed by atoms with Gasteiger partial charge >= 0.3 is 5.97 Å². The molecule has 1 amide bonds. The molecule has 216 valence electrons. The molecule has 0 aliphatic carbocycles. The van der Waals surface area contributed by atoms with Crippen molar-refractivity contribution in [1.29, 1.82) is 5.41 Å². The molecule has 0 radical (unpaired) electrons. The molecule has 1 fully saturated rings. The van der Waals surface area contributed by atoms with Crippen LogP contribution in [0.1, 0.15) is 54.4 Å². The first-order valence-electron chi connectivity index (χ1n) is 14.5. The van der Waals surface area contributed by atoms with Gasteiger partial charge in [0.25, 0.3) is 5.91 Å². The summed E-state index contributed by atoms with van der Waals surface area (Å²) in [6.45, 7) is 1.60. The van der Waals surface area contributed by atoms with E-state index in [-0.39, 0.29) is 23.9 Å². The van der Waals surface area contributed by atoms with Crippen molar-refractivity contribution < 1.29 is 14.3 Å². The number of pyridine rings is 1. The Balaban J connectivity index is 1.44. The van der Waals surface area contributed by atoms with Gasteiger partial charge in [0, 0.05) is 37.1 Å². The molecule has 41 heavy (non-hydrogen) atoms. The molecule has 0 spiro atoms. The highest BCUT2D eigenvalue weighted by molar-refractivity contribution is 5.95. The zero-order valence-corrected chi connectivity index (χ0v) is 23.8. The van der Waals surface area contributed by atoms with Gasteiger partial charge in [-0.05, 0) is 72.9 Å². The molecule has 4 N–H and O–H groups in total. The molecule has 1 saturated heterocycles. The average molecular weight is 556 g/mol. The highest BCUT2D eigenvalue weighted by atomic mass is 16.5. The molecule has 1 aliphatic rings. The minimum absolute atomic E-state index is 0.137. The number of likely N-dealkylation sites (tertiary alicyclic amines) is 1. The summed E-state index contributed by atoms with van der Waals surface area (Å²) in [6, 6.07) is 21.1. The smallest absolute Gasteiger partial charge is 0.310 e. The monoisotopic (exact) mass is 555 g/mol. The number of nitrogens with zero attached hydrogens (tertiary/aromatic N) is 2. The summed E-state index contributed by atoms with van der Waals surface area (Å²) in [7, 11) is 1.42. The van der Waals surface area contributed by atoms with E-state index in [0.29, 0.717) is 24.3 Å². The number of carbonyl (C=O) groups excluding carboxylic acids is 2. The summed E-state index contributed by atoms with van der Waals surface area (Å²) in [5.74, 6) is -0.259. The Morgan fingerprint density at radius 3 is 2.39 bits per heavy atom. The fourth-order valence-electron chi connectivity index (χ4n) is 5.66. The Hall–Kier alpha value is -4.20. The second-order valence-electron chi connectivity index (χ2n) is 10.8. The molecule has 2 heterocycles. The fraction of sp³-hybridized carbons (Fsp3) is 0.394. The van der Waals surface area contributed by atoms with E-state index in [1.54, 1.807) is 12.4 Å². The van der Waals surface area contributed by atoms with Gasteiger partial charge < -0.3 is 20.7 Å². The minimum Gasteiger partial charge on any atom is -0.469 e. The quantitative estimate of drug-likeness (QED) is 0.163. The highest BCUT2D eigenvalue weighted by Crippen LogP contribution is 2.26. The number of aryl methyl sites for hydroxylation is 1. The SMILES string of the molecule is COC(=O)[C@H](CCCC1CCN(C(=N)N)CC1)[C@@H](CCc1ccccc1)NC(=O)c1ccc(-c2cccnc2)cc1. The van der Waals surface area contributed by atoms with E-state index in [4.69, 9.17) is 15.9 Å². The van der Waals surface area contributed by atoms with Crippen molar-refractivity contribution in [3.8, 4) is 11.1 Å². The average Bonchev–Trinajstić information content (AvgIpc) is 3.02. The molecule has 8 nitrogen and oxygen atoms in total. The molecule has 0 saturated carbocycles. The normalized spacial score (nSPS) is 15.1. The summed E-state index contributed by atoms with van der Waals surface area (Å²) in [5, 5.41) is 10.8. The van der Waals surface area contributed by atoms with Crippen LogP contribution in [0.2, 0.25) is 0 Å². The summed E-state index contributed by atoms with van der Waals surface area (Å²) >= 11 is 0. The van der Waals surface area contributed by atoms with Crippen molar-refractivity contribution in [2.75, 3.05) is 20.2 Å². The second-order valence-corrected chi connectivity index (χ2v) is 10.8. The predicted octanol–water partition coefficient (Wildman–Crippen LogP) is 5.04. The number of benzene rings is 2. The van der Waals surface area contributed by atoms with Crippen LogP contribution in [-0.4, -0.2) is 54.0 Å². The van der Waals surface area contributed by atoms with E-state index in [0.717, 1.165) is 61.9 Å². The van der Waals surface area contributed by atoms with E-state index in [2.05, 4.69) is 22.4 Å². The van der Waals surface area contributed by atoms with Crippen LogP contribution in [0.4, 0.5) is 0 Å². The number of nitrogens with two attached hydrogens (primary N) is 1. The molecule has 2 aromatic carbocycles. The van der Waals surface area contributed by atoms with Gasteiger partial charge in [-0.1, -0.05) is 61.4 Å². The largest absolute Gasteiger partial charge is 0.469 e. The van der Waals surface area contributed by atoms with Gasteiger partial charge in [-0.2, -0.15) is 0 Å². The molecule has 4 rings (SSSR count). The summed E-state index contributed by atoms with van der Waals surface area (Å²) < 4.78 is 5.24. The van der Waals surface area contributed by atoms with Crippen molar-refractivity contribution in [2.45, 2.75) is 51.0 Å². The van der Waals surface area contributed by atoms with E-state index < -0.39 is 5.92 Å². The maximum atomic E-state index is 13.4. The molecule has 8 heteroatoms. The number of nitrogens with one attached hydrogen (secondary N) is 2. The van der Waals surface area contributed by atoms with Crippen LogP contribution < -0.4 is 11.1 Å². The van der Waals surface area contributed by atoms with Crippen molar-refractivity contribution in [2.24, 2.45) is 17.6 Å². The molecule has 1 aromatic heterocycles. The minimum atomic E-state index is -0.445. The van der Waals surface area contributed by atoms with Gasteiger partial charge in [0.05, 0.1) is 13.0 Å². The van der Waals surface area contributed by atoms with E-state index in [1.165, 1.54) is 7.11 Å². The number of guanidine groups is 1. The Morgan fingerprint density at radius 1 is 1.02 bits per heavy atom. The van der Waals surface area contributed by atoms with Crippen LogP contribution in [0.3, 0.4) is 0 Å². The number of piperidine rings is 1. The number of aromatic nitrogens is 1. The van der Waals surface area contributed by atoms with Gasteiger partial charge in [0.15, 0.2) is 5.96 Å².